The van der Waals surface area contributed by atoms with Gasteiger partial charge in [0.25, 0.3) is 0 Å². The molecular weight excluding hydrogens is 196 g/mol. The summed E-state index contributed by atoms with van der Waals surface area (Å²) in [5.74, 6) is 0. The van der Waals surface area contributed by atoms with Crippen LogP contribution in [0.25, 0.3) is 0 Å². The first-order valence-corrected chi connectivity index (χ1v) is 6.46. The fourth-order valence-corrected chi connectivity index (χ4v) is 2.17. The van der Waals surface area contributed by atoms with Crippen molar-refractivity contribution >= 4 is 5.69 Å². The van der Waals surface area contributed by atoms with Crippen LogP contribution < -0.4 is 10.6 Å². The van der Waals surface area contributed by atoms with Gasteiger partial charge >= 0.3 is 0 Å². The Morgan fingerprint density at radius 3 is 3.19 bits per heavy atom. The molecule has 0 saturated carbocycles. The molecule has 0 radical (unpaired) electrons. The second-order valence-corrected chi connectivity index (χ2v) is 4.55. The molecule has 0 saturated heterocycles. The summed E-state index contributed by atoms with van der Waals surface area (Å²) in [5.41, 5.74) is 4.24. The zero-order valence-electron chi connectivity index (χ0n) is 10.2. The van der Waals surface area contributed by atoms with Gasteiger partial charge in [0.2, 0.25) is 0 Å². The number of benzene rings is 1. The summed E-state index contributed by atoms with van der Waals surface area (Å²) in [6.45, 7) is 5.49. The SMILES string of the molecule is CCCCNCc1ccc2c(c1)CCCN2. The lowest BCUT2D eigenvalue weighted by Gasteiger charge is -2.18. The van der Waals surface area contributed by atoms with Gasteiger partial charge in [0.1, 0.15) is 0 Å². The second-order valence-electron chi connectivity index (χ2n) is 4.55. The van der Waals surface area contributed by atoms with Gasteiger partial charge in [0.05, 0.1) is 0 Å². The fourth-order valence-electron chi connectivity index (χ4n) is 2.17. The largest absolute Gasteiger partial charge is 0.385 e. The fraction of sp³-hybridized carbons (Fsp3) is 0.571. The lowest BCUT2D eigenvalue weighted by molar-refractivity contribution is 0.641. The Bertz CT molecular complexity index is 334. The molecule has 16 heavy (non-hydrogen) atoms. The highest BCUT2D eigenvalue weighted by atomic mass is 14.9. The van der Waals surface area contributed by atoms with E-state index >= 15 is 0 Å². The van der Waals surface area contributed by atoms with Crippen LogP contribution in [0.15, 0.2) is 18.2 Å². The minimum absolute atomic E-state index is 1.01. The molecule has 0 spiro atoms. The highest BCUT2D eigenvalue weighted by Crippen LogP contribution is 2.22. The van der Waals surface area contributed by atoms with E-state index in [0.717, 1.165) is 19.6 Å². The zero-order valence-corrected chi connectivity index (χ0v) is 10.2. The van der Waals surface area contributed by atoms with Crippen molar-refractivity contribution in [3.05, 3.63) is 29.3 Å². The maximum atomic E-state index is 3.49. The van der Waals surface area contributed by atoms with E-state index in [4.69, 9.17) is 0 Å². The Labute approximate surface area is 98.4 Å². The van der Waals surface area contributed by atoms with E-state index in [9.17, 15) is 0 Å². The Morgan fingerprint density at radius 1 is 1.38 bits per heavy atom. The van der Waals surface area contributed by atoms with E-state index in [-0.39, 0.29) is 0 Å². The van der Waals surface area contributed by atoms with Crippen LogP contribution in [0.4, 0.5) is 5.69 Å². The highest BCUT2D eigenvalue weighted by Gasteiger charge is 2.08. The molecule has 88 valence electrons. The first-order valence-electron chi connectivity index (χ1n) is 6.46. The molecule has 1 heterocycles. The molecule has 0 atom stereocenters. The molecular formula is C14H22N2. The van der Waals surface area contributed by atoms with E-state index in [1.165, 1.54) is 42.5 Å². The number of unbranched alkanes of at least 4 members (excludes halogenated alkanes) is 1. The highest BCUT2D eigenvalue weighted by molar-refractivity contribution is 5.54. The summed E-state index contributed by atoms with van der Waals surface area (Å²) in [4.78, 5) is 0. The minimum atomic E-state index is 1.01. The lowest BCUT2D eigenvalue weighted by Crippen LogP contribution is -2.16. The van der Waals surface area contributed by atoms with Crippen LogP contribution in [0.1, 0.15) is 37.3 Å². The third-order valence-electron chi connectivity index (χ3n) is 3.14. The molecule has 0 aliphatic carbocycles. The first kappa shape index (κ1) is 11.5. The van der Waals surface area contributed by atoms with Crippen LogP contribution in [0, 0.1) is 0 Å². The number of hydrogen-bond donors (Lipinski definition) is 2. The summed E-state index contributed by atoms with van der Waals surface area (Å²) < 4.78 is 0. The van der Waals surface area contributed by atoms with Crippen LogP contribution in [0.3, 0.4) is 0 Å². The average molecular weight is 218 g/mol. The Balaban J connectivity index is 1.90. The minimum Gasteiger partial charge on any atom is -0.385 e. The topological polar surface area (TPSA) is 24.1 Å². The van der Waals surface area contributed by atoms with Crippen LogP contribution in [-0.2, 0) is 13.0 Å². The van der Waals surface area contributed by atoms with E-state index in [0.29, 0.717) is 0 Å². The lowest BCUT2D eigenvalue weighted by atomic mass is 10.0. The summed E-state index contributed by atoms with van der Waals surface area (Å²) in [6.07, 6.45) is 5.03. The van der Waals surface area contributed by atoms with Crippen molar-refractivity contribution in [2.24, 2.45) is 0 Å². The van der Waals surface area contributed by atoms with Crippen molar-refractivity contribution in [2.45, 2.75) is 39.2 Å². The van der Waals surface area contributed by atoms with Crippen LogP contribution in [-0.4, -0.2) is 13.1 Å². The van der Waals surface area contributed by atoms with Gasteiger partial charge in [-0.2, -0.15) is 0 Å². The van der Waals surface area contributed by atoms with Gasteiger partial charge in [-0.1, -0.05) is 25.5 Å². The molecule has 1 aromatic carbocycles. The van der Waals surface area contributed by atoms with Crippen LogP contribution in [0.2, 0.25) is 0 Å². The van der Waals surface area contributed by atoms with Gasteiger partial charge in [-0.25, -0.2) is 0 Å². The number of anilines is 1. The third kappa shape index (κ3) is 2.99. The average Bonchev–Trinajstić information content (AvgIpc) is 2.34. The predicted molar refractivity (Wildman–Crippen MR) is 69.9 cm³/mol. The molecule has 2 nitrogen and oxygen atoms in total. The number of rotatable bonds is 5. The summed E-state index contributed by atoms with van der Waals surface area (Å²) in [6, 6.07) is 6.81. The summed E-state index contributed by atoms with van der Waals surface area (Å²) in [5, 5.41) is 6.93. The monoisotopic (exact) mass is 218 g/mol. The van der Waals surface area contributed by atoms with Crippen LogP contribution in [0.5, 0.6) is 0 Å². The van der Waals surface area contributed by atoms with Crippen molar-refractivity contribution in [1.29, 1.82) is 0 Å². The standard InChI is InChI=1S/C14H22N2/c1-2-3-8-15-11-12-6-7-14-13(10-12)5-4-9-16-14/h6-7,10,15-16H,2-5,8-9,11H2,1H3. The smallest absolute Gasteiger partial charge is 0.0372 e. The molecule has 2 heteroatoms. The van der Waals surface area contributed by atoms with Crippen LogP contribution >= 0.6 is 0 Å². The van der Waals surface area contributed by atoms with E-state index < -0.39 is 0 Å². The molecule has 1 aliphatic heterocycles. The molecule has 0 aromatic heterocycles. The van der Waals surface area contributed by atoms with Gasteiger partial charge in [-0.15, -0.1) is 0 Å². The van der Waals surface area contributed by atoms with E-state index in [1.807, 2.05) is 0 Å². The molecule has 2 rings (SSSR count). The molecule has 0 unspecified atom stereocenters. The molecule has 0 fully saturated rings. The van der Waals surface area contributed by atoms with E-state index in [2.05, 4.69) is 35.8 Å². The number of fused-ring (bicyclic) bond motifs is 1. The maximum Gasteiger partial charge on any atom is 0.0372 e. The van der Waals surface area contributed by atoms with Gasteiger partial charge in [-0.05, 0) is 43.0 Å². The Morgan fingerprint density at radius 2 is 2.31 bits per heavy atom. The van der Waals surface area contributed by atoms with Crippen molar-refractivity contribution in [3.63, 3.8) is 0 Å². The molecule has 1 aliphatic rings. The quantitative estimate of drug-likeness (QED) is 0.743. The first-order chi connectivity index (χ1) is 7.90. The molecule has 1 aromatic rings. The summed E-state index contributed by atoms with van der Waals surface area (Å²) >= 11 is 0. The maximum absolute atomic E-state index is 3.49. The van der Waals surface area contributed by atoms with Crippen molar-refractivity contribution in [2.75, 3.05) is 18.4 Å². The molecule has 0 amide bonds. The number of hydrogen-bond acceptors (Lipinski definition) is 2. The van der Waals surface area contributed by atoms with Crippen molar-refractivity contribution < 1.29 is 0 Å². The number of aryl methyl sites for hydroxylation is 1. The van der Waals surface area contributed by atoms with Crippen molar-refractivity contribution in [3.8, 4) is 0 Å². The Hall–Kier alpha value is -1.02. The van der Waals surface area contributed by atoms with Gasteiger partial charge < -0.3 is 10.6 Å². The third-order valence-corrected chi connectivity index (χ3v) is 3.14. The predicted octanol–water partition coefficient (Wildman–Crippen LogP) is 2.93. The van der Waals surface area contributed by atoms with Gasteiger partial charge in [0.15, 0.2) is 0 Å². The zero-order chi connectivity index (χ0) is 11.2. The molecule has 0 bridgehead atoms. The van der Waals surface area contributed by atoms with E-state index in [1.54, 1.807) is 0 Å². The summed E-state index contributed by atoms with van der Waals surface area (Å²) in [7, 11) is 0. The number of nitrogens with one attached hydrogen (secondary N) is 2. The van der Waals surface area contributed by atoms with Gasteiger partial charge in [-0.3, -0.25) is 0 Å². The normalized spacial score (nSPS) is 14.3. The second kappa shape index (κ2) is 5.90. The van der Waals surface area contributed by atoms with Crippen molar-refractivity contribution in [1.82, 2.24) is 5.32 Å². The van der Waals surface area contributed by atoms with Gasteiger partial charge in [0, 0.05) is 18.8 Å². The molecule has 2 N–H and O–H groups in total. The Kier molecular flexibility index (Phi) is 4.23.